The number of amides is 2. The molecule has 7 heteroatoms. The first-order chi connectivity index (χ1) is 14.6. The van der Waals surface area contributed by atoms with Crippen molar-refractivity contribution in [3.63, 3.8) is 0 Å². The summed E-state index contributed by atoms with van der Waals surface area (Å²) in [6.45, 7) is 9.93. The Morgan fingerprint density at radius 2 is 1.65 bits per heavy atom. The molecule has 31 heavy (non-hydrogen) atoms. The van der Waals surface area contributed by atoms with E-state index in [1.165, 1.54) is 5.56 Å². The molecule has 1 N–H and O–H groups in total. The third-order valence-electron chi connectivity index (χ3n) is 4.84. The Labute approximate surface area is 201 Å². The number of hydrogen-bond acceptors (Lipinski definition) is 3. The fourth-order valence-corrected chi connectivity index (χ4v) is 3.77. The summed E-state index contributed by atoms with van der Waals surface area (Å²) in [5.41, 5.74) is 2.12. The summed E-state index contributed by atoms with van der Waals surface area (Å²) in [6.07, 6.45) is 0. The number of carbonyl (C=O) groups is 2. The van der Waals surface area contributed by atoms with E-state index >= 15 is 0 Å². The first kappa shape index (κ1) is 25.4. The molecular formula is C24H30Br2N2O3. The Kier molecular flexibility index (Phi) is 9.56. The molecule has 0 aliphatic carbocycles. The van der Waals surface area contributed by atoms with Crippen LogP contribution in [0.4, 0.5) is 0 Å². The third-order valence-corrected chi connectivity index (χ3v) is 5.99. The van der Waals surface area contributed by atoms with Gasteiger partial charge in [-0.2, -0.15) is 0 Å². The van der Waals surface area contributed by atoms with Crippen molar-refractivity contribution in [2.75, 3.05) is 6.61 Å². The molecule has 168 valence electrons. The zero-order valence-electron chi connectivity index (χ0n) is 18.6. The lowest BCUT2D eigenvalue weighted by molar-refractivity contribution is -0.142. The summed E-state index contributed by atoms with van der Waals surface area (Å²) < 4.78 is 7.56. The number of nitrogens with one attached hydrogen (secondary N) is 1. The molecule has 5 nitrogen and oxygen atoms in total. The maximum Gasteiger partial charge on any atom is 0.261 e. The van der Waals surface area contributed by atoms with E-state index in [1.807, 2.05) is 56.3 Å². The number of hydrogen-bond donors (Lipinski definition) is 1. The monoisotopic (exact) mass is 552 g/mol. The maximum atomic E-state index is 13.1. The predicted octanol–water partition coefficient (Wildman–Crippen LogP) is 5.66. The standard InChI is InChI=1S/C24H30Br2N2O3/c1-15(2)19-8-11-22(21(26)12-19)31-14-23(29)28(17(5)24(30)27-16(3)4)13-18-6-9-20(25)10-7-18/h6-12,15-17H,13-14H2,1-5H3,(H,27,30)/t17-/m0/s1. The van der Waals surface area contributed by atoms with Gasteiger partial charge in [0.1, 0.15) is 11.8 Å². The van der Waals surface area contributed by atoms with Gasteiger partial charge in [0.25, 0.3) is 5.91 Å². The summed E-state index contributed by atoms with van der Waals surface area (Å²) in [5, 5.41) is 2.88. The Bertz CT molecular complexity index is 898. The van der Waals surface area contributed by atoms with Gasteiger partial charge in [-0.3, -0.25) is 9.59 Å². The molecule has 2 rings (SSSR count). The van der Waals surface area contributed by atoms with Crippen LogP contribution in [0.2, 0.25) is 0 Å². The molecule has 0 aliphatic heterocycles. The van der Waals surface area contributed by atoms with E-state index in [9.17, 15) is 9.59 Å². The van der Waals surface area contributed by atoms with E-state index in [-0.39, 0.29) is 24.5 Å². The van der Waals surface area contributed by atoms with Gasteiger partial charge in [-0.25, -0.2) is 0 Å². The van der Waals surface area contributed by atoms with Gasteiger partial charge < -0.3 is 15.0 Å². The molecule has 0 aromatic heterocycles. The molecule has 0 saturated carbocycles. The van der Waals surface area contributed by atoms with Crippen LogP contribution in [0.5, 0.6) is 5.75 Å². The van der Waals surface area contributed by atoms with Gasteiger partial charge in [0.15, 0.2) is 6.61 Å². The van der Waals surface area contributed by atoms with Crippen molar-refractivity contribution in [1.82, 2.24) is 10.2 Å². The van der Waals surface area contributed by atoms with Crippen molar-refractivity contribution in [2.24, 2.45) is 0 Å². The molecule has 2 aromatic carbocycles. The number of ether oxygens (including phenoxy) is 1. The second-order valence-corrected chi connectivity index (χ2v) is 9.89. The van der Waals surface area contributed by atoms with Gasteiger partial charge in [0.05, 0.1) is 4.47 Å². The number of carbonyl (C=O) groups excluding carboxylic acids is 2. The molecule has 0 spiro atoms. The highest BCUT2D eigenvalue weighted by Crippen LogP contribution is 2.29. The molecule has 0 fully saturated rings. The minimum Gasteiger partial charge on any atom is -0.483 e. The van der Waals surface area contributed by atoms with Crippen molar-refractivity contribution in [3.05, 3.63) is 62.5 Å². The molecule has 2 aromatic rings. The number of benzene rings is 2. The van der Waals surface area contributed by atoms with Crippen molar-refractivity contribution in [1.29, 1.82) is 0 Å². The maximum absolute atomic E-state index is 13.1. The lowest BCUT2D eigenvalue weighted by Gasteiger charge is -2.29. The molecular weight excluding hydrogens is 524 g/mol. The van der Waals surface area contributed by atoms with Gasteiger partial charge >= 0.3 is 0 Å². The van der Waals surface area contributed by atoms with Crippen LogP contribution in [0, 0.1) is 0 Å². The highest BCUT2D eigenvalue weighted by atomic mass is 79.9. The van der Waals surface area contributed by atoms with E-state index in [0.717, 1.165) is 14.5 Å². The molecule has 0 heterocycles. The van der Waals surface area contributed by atoms with Crippen molar-refractivity contribution in [2.45, 2.75) is 59.2 Å². The molecule has 0 saturated heterocycles. The summed E-state index contributed by atoms with van der Waals surface area (Å²) in [7, 11) is 0. The average Bonchev–Trinajstić information content (AvgIpc) is 2.71. The molecule has 0 unspecified atom stereocenters. The van der Waals surface area contributed by atoms with Crippen molar-refractivity contribution >= 4 is 43.7 Å². The van der Waals surface area contributed by atoms with E-state index in [0.29, 0.717) is 18.2 Å². The van der Waals surface area contributed by atoms with Gasteiger partial charge in [-0.15, -0.1) is 0 Å². The van der Waals surface area contributed by atoms with Crippen LogP contribution >= 0.6 is 31.9 Å². The molecule has 1 atom stereocenters. The number of halogens is 2. The van der Waals surface area contributed by atoms with Gasteiger partial charge in [-0.1, -0.05) is 48.0 Å². The summed E-state index contributed by atoms with van der Waals surface area (Å²) in [6, 6.07) is 12.9. The quantitative estimate of drug-likeness (QED) is 0.436. The van der Waals surface area contributed by atoms with E-state index in [1.54, 1.807) is 11.8 Å². The predicted molar refractivity (Wildman–Crippen MR) is 131 cm³/mol. The van der Waals surface area contributed by atoms with Crippen molar-refractivity contribution in [3.8, 4) is 5.75 Å². The zero-order valence-corrected chi connectivity index (χ0v) is 21.8. The van der Waals surface area contributed by atoms with Crippen LogP contribution in [0.25, 0.3) is 0 Å². The van der Waals surface area contributed by atoms with Gasteiger partial charge in [0.2, 0.25) is 5.91 Å². The molecule has 0 bridgehead atoms. The number of rotatable bonds is 9. The summed E-state index contributed by atoms with van der Waals surface area (Å²) in [4.78, 5) is 27.3. The van der Waals surface area contributed by atoms with E-state index in [4.69, 9.17) is 4.74 Å². The average molecular weight is 554 g/mol. The molecule has 2 amide bonds. The fourth-order valence-electron chi connectivity index (χ4n) is 2.99. The van der Waals surface area contributed by atoms with Gasteiger partial charge in [0, 0.05) is 17.1 Å². The van der Waals surface area contributed by atoms with Crippen LogP contribution < -0.4 is 10.1 Å². The minimum absolute atomic E-state index is 0.00809. The SMILES string of the molecule is CC(C)NC(=O)[C@H](C)N(Cc1ccc(Br)cc1)C(=O)COc1ccc(C(C)C)cc1Br. The fraction of sp³-hybridized carbons (Fsp3) is 0.417. The third kappa shape index (κ3) is 7.65. The molecule has 0 radical (unpaired) electrons. The number of nitrogens with zero attached hydrogens (tertiary/aromatic N) is 1. The smallest absolute Gasteiger partial charge is 0.261 e. The van der Waals surface area contributed by atoms with Crippen LogP contribution in [-0.2, 0) is 16.1 Å². The molecule has 0 aliphatic rings. The Balaban J connectivity index is 2.16. The largest absolute Gasteiger partial charge is 0.483 e. The summed E-state index contributed by atoms with van der Waals surface area (Å²) in [5.74, 6) is 0.548. The second-order valence-electron chi connectivity index (χ2n) is 8.12. The van der Waals surface area contributed by atoms with E-state index in [2.05, 4.69) is 51.0 Å². The Morgan fingerprint density at radius 3 is 2.19 bits per heavy atom. The van der Waals surface area contributed by atoms with Crippen LogP contribution in [0.3, 0.4) is 0 Å². The van der Waals surface area contributed by atoms with Crippen molar-refractivity contribution < 1.29 is 14.3 Å². The van der Waals surface area contributed by atoms with Crippen LogP contribution in [0.15, 0.2) is 51.4 Å². The van der Waals surface area contributed by atoms with Crippen LogP contribution in [-0.4, -0.2) is 35.4 Å². The normalized spacial score (nSPS) is 12.0. The van der Waals surface area contributed by atoms with Gasteiger partial charge in [-0.05, 0) is 78.0 Å². The highest BCUT2D eigenvalue weighted by Gasteiger charge is 2.27. The first-order valence-electron chi connectivity index (χ1n) is 10.3. The summed E-state index contributed by atoms with van der Waals surface area (Å²) >= 11 is 6.95. The first-order valence-corrected chi connectivity index (χ1v) is 11.9. The lowest BCUT2D eigenvalue weighted by Crippen LogP contribution is -2.50. The van der Waals surface area contributed by atoms with Crippen LogP contribution in [0.1, 0.15) is 51.7 Å². The minimum atomic E-state index is -0.631. The lowest BCUT2D eigenvalue weighted by atomic mass is 10.0. The van der Waals surface area contributed by atoms with E-state index < -0.39 is 6.04 Å². The second kappa shape index (κ2) is 11.7. The Morgan fingerprint density at radius 1 is 1.00 bits per heavy atom. The Hall–Kier alpha value is -1.86. The topological polar surface area (TPSA) is 58.6 Å². The highest BCUT2D eigenvalue weighted by molar-refractivity contribution is 9.10. The zero-order chi connectivity index (χ0) is 23.1.